The summed E-state index contributed by atoms with van der Waals surface area (Å²) in [6.45, 7) is 11.0. The molecule has 0 amide bonds. The smallest absolute Gasteiger partial charge is 0.123 e. The number of hydrogen-bond acceptors (Lipinski definition) is 1. The van der Waals surface area contributed by atoms with E-state index in [0.717, 1.165) is 18.9 Å². The van der Waals surface area contributed by atoms with Crippen LogP contribution < -0.4 is 0 Å². The Morgan fingerprint density at radius 1 is 1.19 bits per heavy atom. The van der Waals surface area contributed by atoms with Crippen LogP contribution in [0.5, 0.6) is 0 Å². The van der Waals surface area contributed by atoms with Gasteiger partial charge in [-0.3, -0.25) is 0 Å². The van der Waals surface area contributed by atoms with Gasteiger partial charge in [0.2, 0.25) is 0 Å². The van der Waals surface area contributed by atoms with E-state index in [1.165, 1.54) is 31.5 Å². The number of piperidine rings is 1. The average Bonchev–Trinajstić information content (AvgIpc) is 2.55. The predicted octanol–water partition coefficient (Wildman–Crippen LogP) is 4.55. The molecular weight excluding hydrogens is 285 g/mol. The van der Waals surface area contributed by atoms with Crippen molar-refractivity contribution in [2.45, 2.75) is 40.0 Å². The highest BCUT2D eigenvalue weighted by molar-refractivity contribution is 5.85. The summed E-state index contributed by atoms with van der Waals surface area (Å²) in [5, 5.41) is 0. The van der Waals surface area contributed by atoms with Crippen LogP contribution in [0.25, 0.3) is 0 Å². The Morgan fingerprint density at radius 3 is 2.48 bits per heavy atom. The van der Waals surface area contributed by atoms with Crippen LogP contribution in [0.4, 0.5) is 4.39 Å². The predicted molar refractivity (Wildman–Crippen MR) is 88.4 cm³/mol. The van der Waals surface area contributed by atoms with Crippen LogP contribution in [-0.4, -0.2) is 24.5 Å². The van der Waals surface area contributed by atoms with Gasteiger partial charge in [0, 0.05) is 19.6 Å². The minimum atomic E-state index is -0.140. The van der Waals surface area contributed by atoms with Gasteiger partial charge in [-0.25, -0.2) is 4.39 Å². The van der Waals surface area contributed by atoms with Crippen molar-refractivity contribution < 1.29 is 4.39 Å². The molecule has 1 aliphatic carbocycles. The fraction of sp³-hybridized carbons (Fsp3) is 0.667. The molecule has 0 radical (unpaired) electrons. The van der Waals surface area contributed by atoms with Gasteiger partial charge in [-0.15, -0.1) is 12.4 Å². The zero-order valence-electron chi connectivity index (χ0n) is 13.4. The summed E-state index contributed by atoms with van der Waals surface area (Å²) in [5.41, 5.74) is 2.20. The van der Waals surface area contributed by atoms with Gasteiger partial charge in [0.05, 0.1) is 0 Å². The molecule has 3 heteroatoms. The van der Waals surface area contributed by atoms with Crippen LogP contribution in [0.15, 0.2) is 24.3 Å². The Morgan fingerprint density at radius 2 is 1.86 bits per heavy atom. The van der Waals surface area contributed by atoms with Crippen LogP contribution >= 0.6 is 12.4 Å². The molecule has 118 valence electrons. The molecule has 0 aromatic heterocycles. The summed E-state index contributed by atoms with van der Waals surface area (Å²) in [5.74, 6) is 0.702. The first-order chi connectivity index (χ1) is 9.41. The third-order valence-corrected chi connectivity index (χ3v) is 6.30. The van der Waals surface area contributed by atoms with E-state index in [-0.39, 0.29) is 18.2 Å². The van der Waals surface area contributed by atoms with Crippen molar-refractivity contribution >= 4 is 12.4 Å². The molecule has 1 aliphatic heterocycles. The molecule has 1 aromatic rings. The molecule has 2 bridgehead atoms. The van der Waals surface area contributed by atoms with Gasteiger partial charge in [0.25, 0.3) is 0 Å². The summed E-state index contributed by atoms with van der Waals surface area (Å²) in [4.78, 5) is 2.63. The normalized spacial score (nSPS) is 31.0. The van der Waals surface area contributed by atoms with Crippen LogP contribution in [0.3, 0.4) is 0 Å². The maximum absolute atomic E-state index is 12.9. The molecule has 1 nitrogen and oxygen atoms in total. The Balaban J connectivity index is 0.00000161. The van der Waals surface area contributed by atoms with Crippen molar-refractivity contribution in [1.82, 2.24) is 4.90 Å². The number of halogens is 2. The maximum atomic E-state index is 12.9. The zero-order valence-corrected chi connectivity index (χ0v) is 14.2. The first kappa shape index (κ1) is 16.8. The van der Waals surface area contributed by atoms with E-state index >= 15 is 0 Å². The Labute approximate surface area is 134 Å². The lowest BCUT2D eigenvalue weighted by molar-refractivity contribution is -0.0169. The standard InChI is InChI=1S/C18H26FN.ClH/c1-17(2)15-8-10-18(17,3)13-20(12-15)11-9-14-4-6-16(19)7-5-14;/h4-7,15H,8-13H2,1-3H3;1H/t15?,18-;/m1./s1. The lowest BCUT2D eigenvalue weighted by Gasteiger charge is -2.50. The van der Waals surface area contributed by atoms with Crippen LogP contribution in [0.2, 0.25) is 0 Å². The molecule has 1 aromatic carbocycles. The first-order valence-electron chi connectivity index (χ1n) is 7.87. The Bertz CT molecular complexity index is 484. The second-order valence-electron chi connectivity index (χ2n) is 7.63. The fourth-order valence-electron chi connectivity index (χ4n) is 4.25. The number of benzene rings is 1. The Hall–Kier alpha value is -0.600. The zero-order chi connectivity index (χ0) is 14.4. The fourth-order valence-corrected chi connectivity index (χ4v) is 4.25. The van der Waals surface area contributed by atoms with Crippen LogP contribution in [-0.2, 0) is 6.42 Å². The topological polar surface area (TPSA) is 3.24 Å². The van der Waals surface area contributed by atoms with Gasteiger partial charge in [-0.1, -0.05) is 32.9 Å². The second kappa shape index (κ2) is 5.89. The number of nitrogens with zero attached hydrogens (tertiary/aromatic N) is 1. The average molecular weight is 312 g/mol. The minimum absolute atomic E-state index is 0. The van der Waals surface area contributed by atoms with E-state index in [0.29, 0.717) is 10.8 Å². The quantitative estimate of drug-likeness (QED) is 0.791. The van der Waals surface area contributed by atoms with E-state index in [2.05, 4.69) is 25.7 Å². The lowest BCUT2D eigenvalue weighted by Crippen LogP contribution is -2.52. The van der Waals surface area contributed by atoms with E-state index in [1.807, 2.05) is 12.1 Å². The molecule has 1 saturated heterocycles. The highest BCUT2D eigenvalue weighted by atomic mass is 35.5. The molecule has 21 heavy (non-hydrogen) atoms. The van der Waals surface area contributed by atoms with E-state index in [4.69, 9.17) is 0 Å². The van der Waals surface area contributed by atoms with E-state index in [9.17, 15) is 4.39 Å². The third-order valence-electron chi connectivity index (χ3n) is 6.30. The summed E-state index contributed by atoms with van der Waals surface area (Å²) in [6.07, 6.45) is 3.79. The third kappa shape index (κ3) is 2.98. The summed E-state index contributed by atoms with van der Waals surface area (Å²) in [7, 11) is 0. The largest absolute Gasteiger partial charge is 0.302 e. The molecule has 1 unspecified atom stereocenters. The SMILES string of the molecule is CC1(C)C2CC[C@]1(C)CN(CCc1ccc(F)cc1)C2.Cl. The molecule has 2 fully saturated rings. The number of likely N-dealkylation sites (tertiary alicyclic amines) is 1. The van der Waals surface area contributed by atoms with E-state index < -0.39 is 0 Å². The number of rotatable bonds is 3. The van der Waals surface area contributed by atoms with Crippen molar-refractivity contribution in [3.05, 3.63) is 35.6 Å². The number of hydrogen-bond donors (Lipinski definition) is 0. The van der Waals surface area contributed by atoms with Crippen molar-refractivity contribution in [3.8, 4) is 0 Å². The van der Waals surface area contributed by atoms with Crippen molar-refractivity contribution in [3.63, 3.8) is 0 Å². The molecular formula is C18H27ClFN. The molecule has 1 heterocycles. The van der Waals surface area contributed by atoms with Gasteiger partial charge in [0.15, 0.2) is 0 Å². The molecule has 1 saturated carbocycles. The van der Waals surface area contributed by atoms with Gasteiger partial charge in [-0.2, -0.15) is 0 Å². The summed E-state index contributed by atoms with van der Waals surface area (Å²) >= 11 is 0. The molecule has 2 aliphatic rings. The van der Waals surface area contributed by atoms with E-state index in [1.54, 1.807) is 12.1 Å². The Kier molecular flexibility index (Phi) is 4.70. The molecule has 0 N–H and O–H groups in total. The number of fused-ring (bicyclic) bond motifs is 2. The summed E-state index contributed by atoms with van der Waals surface area (Å²) in [6, 6.07) is 6.97. The second-order valence-corrected chi connectivity index (χ2v) is 7.63. The first-order valence-corrected chi connectivity index (χ1v) is 7.87. The molecule has 2 atom stereocenters. The van der Waals surface area contributed by atoms with Crippen LogP contribution in [0, 0.1) is 22.6 Å². The molecule has 3 rings (SSSR count). The highest BCUT2D eigenvalue weighted by Crippen LogP contribution is 2.58. The lowest BCUT2D eigenvalue weighted by atomic mass is 9.63. The van der Waals surface area contributed by atoms with Crippen molar-refractivity contribution in [2.75, 3.05) is 19.6 Å². The monoisotopic (exact) mass is 311 g/mol. The van der Waals surface area contributed by atoms with Gasteiger partial charge >= 0.3 is 0 Å². The molecule has 0 spiro atoms. The summed E-state index contributed by atoms with van der Waals surface area (Å²) < 4.78 is 12.9. The van der Waals surface area contributed by atoms with Crippen LogP contribution in [0.1, 0.15) is 39.2 Å². The van der Waals surface area contributed by atoms with Crippen molar-refractivity contribution in [2.24, 2.45) is 16.7 Å². The van der Waals surface area contributed by atoms with Gasteiger partial charge < -0.3 is 4.90 Å². The van der Waals surface area contributed by atoms with Crippen molar-refractivity contribution in [1.29, 1.82) is 0 Å². The maximum Gasteiger partial charge on any atom is 0.123 e. The van der Waals surface area contributed by atoms with Gasteiger partial charge in [0.1, 0.15) is 5.82 Å². The minimum Gasteiger partial charge on any atom is -0.302 e. The highest BCUT2D eigenvalue weighted by Gasteiger charge is 2.55. The van der Waals surface area contributed by atoms with Gasteiger partial charge in [-0.05, 0) is 53.7 Å².